The van der Waals surface area contributed by atoms with Crippen LogP contribution in [-0.4, -0.2) is 37.4 Å². The molecule has 2 N–H and O–H groups in total. The smallest absolute Gasteiger partial charge is 0.485 e. The first-order valence-electron chi connectivity index (χ1n) is 4.97. The van der Waals surface area contributed by atoms with Gasteiger partial charge in [-0.05, 0) is 22.8 Å². The van der Waals surface area contributed by atoms with Gasteiger partial charge in [0.05, 0.1) is 7.05 Å². The van der Waals surface area contributed by atoms with Gasteiger partial charge in [0.2, 0.25) is 5.82 Å². The molecule has 0 aliphatic carbocycles. The molecule has 0 spiro atoms. The van der Waals surface area contributed by atoms with Gasteiger partial charge in [0, 0.05) is 0 Å². The number of hydrogen-bond acceptors (Lipinski definition) is 6. The predicted molar refractivity (Wildman–Crippen MR) is 59.4 cm³/mol. The molecule has 2 aromatic rings. The third kappa shape index (κ3) is 3.02. The molecule has 0 atom stereocenters. The zero-order valence-corrected chi connectivity index (χ0v) is 9.19. The minimum atomic E-state index is -1.47. The second-order valence-electron chi connectivity index (χ2n) is 3.43. The molecule has 0 saturated heterocycles. The Balaban J connectivity index is 1.95. The Kier molecular flexibility index (Phi) is 3.36. The first-order chi connectivity index (χ1) is 8.15. The maximum atomic E-state index is 8.91. The summed E-state index contributed by atoms with van der Waals surface area (Å²) in [5, 5.41) is 29.2. The molecule has 1 aromatic carbocycles. The van der Waals surface area contributed by atoms with E-state index < -0.39 is 7.12 Å². The van der Waals surface area contributed by atoms with E-state index in [4.69, 9.17) is 14.8 Å². The van der Waals surface area contributed by atoms with E-state index in [1.165, 1.54) is 4.80 Å². The number of ether oxygens (including phenoxy) is 1. The number of nitrogens with zero attached hydrogens (tertiary/aromatic N) is 4. The van der Waals surface area contributed by atoms with Crippen LogP contribution in [0.25, 0.3) is 0 Å². The van der Waals surface area contributed by atoms with Crippen LogP contribution in [0, 0.1) is 0 Å². The van der Waals surface area contributed by atoms with Crippen LogP contribution in [0.5, 0.6) is 5.75 Å². The Morgan fingerprint density at radius 1 is 1.29 bits per heavy atom. The van der Waals surface area contributed by atoms with Gasteiger partial charge in [0.15, 0.2) is 6.61 Å². The lowest BCUT2D eigenvalue weighted by atomic mass is 9.80. The molecule has 0 radical (unpaired) electrons. The molecule has 0 bridgehead atoms. The van der Waals surface area contributed by atoms with Crippen molar-refractivity contribution in [2.45, 2.75) is 6.61 Å². The molecule has 1 aromatic heterocycles. The van der Waals surface area contributed by atoms with Crippen molar-refractivity contribution in [2.24, 2.45) is 7.05 Å². The monoisotopic (exact) mass is 234 g/mol. The Labute approximate surface area is 97.8 Å². The number of benzene rings is 1. The van der Waals surface area contributed by atoms with Crippen LogP contribution in [-0.2, 0) is 13.7 Å². The van der Waals surface area contributed by atoms with Crippen LogP contribution in [0.3, 0.4) is 0 Å². The van der Waals surface area contributed by atoms with Crippen molar-refractivity contribution in [2.75, 3.05) is 0 Å². The van der Waals surface area contributed by atoms with Gasteiger partial charge in [-0.1, -0.05) is 12.1 Å². The Morgan fingerprint density at radius 3 is 2.53 bits per heavy atom. The maximum absolute atomic E-state index is 8.91. The highest BCUT2D eigenvalue weighted by atomic mass is 16.5. The van der Waals surface area contributed by atoms with E-state index in [1.54, 1.807) is 31.3 Å². The zero-order chi connectivity index (χ0) is 12.3. The molecule has 0 saturated carbocycles. The first-order valence-corrected chi connectivity index (χ1v) is 4.97. The van der Waals surface area contributed by atoms with Crippen molar-refractivity contribution in [3.63, 3.8) is 0 Å². The molecule has 1 heterocycles. The van der Waals surface area contributed by atoms with Gasteiger partial charge < -0.3 is 14.8 Å². The third-order valence-electron chi connectivity index (χ3n) is 2.10. The Morgan fingerprint density at radius 2 is 2.00 bits per heavy atom. The second-order valence-corrected chi connectivity index (χ2v) is 3.43. The molecule has 0 fully saturated rings. The SMILES string of the molecule is Cn1nnc(COc2ccc(B(O)O)cc2)n1. The summed E-state index contributed by atoms with van der Waals surface area (Å²) in [6, 6.07) is 6.44. The van der Waals surface area contributed by atoms with Crippen molar-refractivity contribution in [1.29, 1.82) is 0 Å². The fraction of sp³-hybridized carbons (Fsp3) is 0.222. The average molecular weight is 234 g/mol. The van der Waals surface area contributed by atoms with Crippen molar-refractivity contribution in [3.8, 4) is 5.75 Å². The summed E-state index contributed by atoms with van der Waals surface area (Å²) in [6.45, 7) is 0.217. The molecule has 0 aliphatic rings. The number of aryl methyl sites for hydroxylation is 1. The van der Waals surface area contributed by atoms with Gasteiger partial charge in [-0.2, -0.15) is 4.80 Å². The zero-order valence-electron chi connectivity index (χ0n) is 9.19. The molecular formula is C9H11BN4O3. The van der Waals surface area contributed by atoms with Crippen LogP contribution >= 0.6 is 0 Å². The molecule has 2 rings (SSSR count). The summed E-state index contributed by atoms with van der Waals surface area (Å²) in [6.07, 6.45) is 0. The largest absolute Gasteiger partial charge is 0.488 e. The van der Waals surface area contributed by atoms with E-state index in [9.17, 15) is 0 Å². The van der Waals surface area contributed by atoms with Gasteiger partial charge in [-0.25, -0.2) is 0 Å². The average Bonchev–Trinajstić information content (AvgIpc) is 2.73. The third-order valence-corrected chi connectivity index (χ3v) is 2.10. The summed E-state index contributed by atoms with van der Waals surface area (Å²) < 4.78 is 5.40. The topological polar surface area (TPSA) is 93.3 Å². The summed E-state index contributed by atoms with van der Waals surface area (Å²) >= 11 is 0. The minimum Gasteiger partial charge on any atom is -0.485 e. The van der Waals surface area contributed by atoms with Gasteiger partial charge in [0.1, 0.15) is 5.75 Å². The lowest BCUT2D eigenvalue weighted by molar-refractivity contribution is 0.295. The van der Waals surface area contributed by atoms with Crippen molar-refractivity contribution in [1.82, 2.24) is 20.2 Å². The molecular weight excluding hydrogens is 223 g/mol. The number of rotatable bonds is 4. The van der Waals surface area contributed by atoms with Crippen molar-refractivity contribution < 1.29 is 14.8 Å². The summed E-state index contributed by atoms with van der Waals surface area (Å²) in [5.41, 5.74) is 0.412. The quantitative estimate of drug-likeness (QED) is 0.623. The fourth-order valence-electron chi connectivity index (χ4n) is 1.27. The van der Waals surface area contributed by atoms with Crippen LogP contribution in [0.4, 0.5) is 0 Å². The molecule has 0 unspecified atom stereocenters. The highest BCUT2D eigenvalue weighted by molar-refractivity contribution is 6.58. The van der Waals surface area contributed by atoms with E-state index in [0.29, 0.717) is 17.0 Å². The second kappa shape index (κ2) is 4.94. The normalized spacial score (nSPS) is 10.3. The molecule has 88 valence electrons. The lowest BCUT2D eigenvalue weighted by Crippen LogP contribution is -2.29. The van der Waals surface area contributed by atoms with E-state index in [-0.39, 0.29) is 6.61 Å². The minimum absolute atomic E-state index is 0.217. The lowest BCUT2D eigenvalue weighted by Gasteiger charge is -2.04. The van der Waals surface area contributed by atoms with Crippen LogP contribution in [0.1, 0.15) is 5.82 Å². The van der Waals surface area contributed by atoms with Crippen LogP contribution < -0.4 is 10.2 Å². The predicted octanol–water partition coefficient (Wildman–Crippen LogP) is -1.53. The van der Waals surface area contributed by atoms with Gasteiger partial charge in [-0.3, -0.25) is 0 Å². The van der Waals surface area contributed by atoms with Gasteiger partial charge in [0.25, 0.3) is 0 Å². The summed E-state index contributed by atoms with van der Waals surface area (Å²) in [5.74, 6) is 1.08. The fourth-order valence-corrected chi connectivity index (χ4v) is 1.27. The van der Waals surface area contributed by atoms with Crippen LogP contribution in [0.15, 0.2) is 24.3 Å². The Hall–Kier alpha value is -1.93. The van der Waals surface area contributed by atoms with Crippen LogP contribution in [0.2, 0.25) is 0 Å². The Bertz CT molecular complexity index is 485. The van der Waals surface area contributed by atoms with Gasteiger partial charge >= 0.3 is 7.12 Å². The summed E-state index contributed by atoms with van der Waals surface area (Å²) in [7, 11) is 0.208. The summed E-state index contributed by atoms with van der Waals surface area (Å²) in [4.78, 5) is 1.35. The number of hydrogen-bond donors (Lipinski definition) is 2. The molecule has 0 amide bonds. The molecule has 8 heteroatoms. The maximum Gasteiger partial charge on any atom is 0.488 e. The highest BCUT2D eigenvalue weighted by Crippen LogP contribution is 2.09. The molecule has 7 nitrogen and oxygen atoms in total. The van der Waals surface area contributed by atoms with E-state index in [1.807, 2.05) is 0 Å². The van der Waals surface area contributed by atoms with E-state index >= 15 is 0 Å². The molecule has 0 aliphatic heterocycles. The van der Waals surface area contributed by atoms with E-state index in [0.717, 1.165) is 0 Å². The molecule has 17 heavy (non-hydrogen) atoms. The van der Waals surface area contributed by atoms with Crippen molar-refractivity contribution in [3.05, 3.63) is 30.1 Å². The van der Waals surface area contributed by atoms with E-state index in [2.05, 4.69) is 15.4 Å². The van der Waals surface area contributed by atoms with Gasteiger partial charge in [-0.15, -0.1) is 10.2 Å². The highest BCUT2D eigenvalue weighted by Gasteiger charge is 2.10. The van der Waals surface area contributed by atoms with Crippen molar-refractivity contribution >= 4 is 12.6 Å². The first kappa shape index (κ1) is 11.6. The number of aromatic nitrogens is 4. The number of tetrazole rings is 1. The standard InChI is InChI=1S/C9H11BN4O3/c1-14-12-9(11-13-14)6-17-8-4-2-7(3-5-8)10(15)16/h2-5,15-16H,6H2,1H3.